The molecule has 0 aliphatic heterocycles. The molecular weight excluding hydrogens is 322 g/mol. The molecule has 3 nitrogen and oxygen atoms in total. The van der Waals surface area contributed by atoms with Gasteiger partial charge in [0.2, 0.25) is 0 Å². The van der Waals surface area contributed by atoms with Gasteiger partial charge in [-0.1, -0.05) is 0 Å². The maximum Gasteiger partial charge on any atom is 0.462 e. The van der Waals surface area contributed by atoms with Crippen molar-refractivity contribution in [3.05, 3.63) is 0 Å². The minimum atomic E-state index is -6.93. The Hall–Kier alpha value is -0.820. The van der Waals surface area contributed by atoms with Gasteiger partial charge >= 0.3 is 24.3 Å². The lowest BCUT2D eigenvalue weighted by atomic mass is 10.3. The van der Waals surface area contributed by atoms with Crippen molar-refractivity contribution in [1.82, 2.24) is 0 Å². The lowest BCUT2D eigenvalue weighted by Gasteiger charge is -2.30. The topological polar surface area (TPSA) is 38.7 Å². The first-order chi connectivity index (χ1) is 8.54. The van der Waals surface area contributed by atoms with Crippen molar-refractivity contribution in [3.63, 3.8) is 0 Å². The van der Waals surface area contributed by atoms with Gasteiger partial charge in [0, 0.05) is 0 Å². The number of alkyl halides is 10. The molecule has 1 N–H and O–H groups in total. The van der Waals surface area contributed by atoms with Crippen molar-refractivity contribution < 1.29 is 58.5 Å². The third-order valence-corrected chi connectivity index (χ3v) is 1.56. The first-order valence-corrected chi connectivity index (χ1v) is 4.42. The monoisotopic (exact) mass is 328 g/mol. The normalized spacial score (nSPS) is 18.0. The number of aliphatic hydroxyl groups is 1. The molecule has 0 saturated heterocycles. The average Bonchev–Trinajstić information content (AvgIpc) is 2.12. The van der Waals surface area contributed by atoms with E-state index in [9.17, 15) is 43.9 Å². The van der Waals surface area contributed by atoms with Crippen LogP contribution in [-0.2, 0) is 9.47 Å². The summed E-state index contributed by atoms with van der Waals surface area (Å²) < 4.78 is 127. The largest absolute Gasteiger partial charge is 0.462 e. The predicted octanol–water partition coefficient (Wildman–Crippen LogP) is 3.04. The summed E-state index contributed by atoms with van der Waals surface area (Å²) >= 11 is 0. The van der Waals surface area contributed by atoms with E-state index < -0.39 is 37.0 Å². The van der Waals surface area contributed by atoms with Crippen LogP contribution in [-0.4, -0.2) is 42.1 Å². The number of halogens is 10. The zero-order valence-electron chi connectivity index (χ0n) is 9.20. The Labute approximate surface area is 104 Å². The summed E-state index contributed by atoms with van der Waals surface area (Å²) in [5, 5.41) is 8.28. The van der Waals surface area contributed by atoms with Crippen molar-refractivity contribution in [2.75, 3.05) is 0 Å². The van der Waals surface area contributed by atoms with E-state index in [0.717, 1.165) is 0 Å². The summed E-state index contributed by atoms with van der Waals surface area (Å²) in [6.07, 6.45) is -26.0. The molecule has 0 heterocycles. The van der Waals surface area contributed by atoms with Crippen molar-refractivity contribution in [3.8, 4) is 0 Å². The minimum Gasteiger partial charge on any atom is -0.368 e. The molecule has 0 aliphatic rings. The van der Waals surface area contributed by atoms with Gasteiger partial charge in [0.15, 0.2) is 6.29 Å². The second-order valence-corrected chi connectivity index (χ2v) is 3.30. The third kappa shape index (κ3) is 4.09. The lowest BCUT2D eigenvalue weighted by Crippen LogP contribution is -2.56. The fourth-order valence-corrected chi connectivity index (χ4v) is 0.718. The summed E-state index contributed by atoms with van der Waals surface area (Å²) in [5.41, 5.74) is 0. The number of hydrogen-bond acceptors (Lipinski definition) is 3. The summed E-state index contributed by atoms with van der Waals surface area (Å²) in [7, 11) is 0. The minimum absolute atomic E-state index is 0.461. The van der Waals surface area contributed by atoms with Crippen LogP contribution in [0.25, 0.3) is 0 Å². The summed E-state index contributed by atoms with van der Waals surface area (Å²) in [4.78, 5) is 0. The molecule has 13 heteroatoms. The molecule has 122 valence electrons. The van der Waals surface area contributed by atoms with E-state index >= 15 is 0 Å². The second-order valence-electron chi connectivity index (χ2n) is 3.30. The van der Waals surface area contributed by atoms with Gasteiger partial charge in [-0.3, -0.25) is 9.47 Å². The van der Waals surface area contributed by atoms with Gasteiger partial charge in [-0.15, -0.1) is 0 Å². The Bertz CT molecular complexity index is 325. The molecule has 0 aromatic rings. The van der Waals surface area contributed by atoms with Gasteiger partial charge in [0.1, 0.15) is 0 Å². The van der Waals surface area contributed by atoms with Crippen LogP contribution < -0.4 is 0 Å². The van der Waals surface area contributed by atoms with E-state index in [1.807, 2.05) is 0 Å². The Morgan fingerprint density at radius 2 is 1.25 bits per heavy atom. The van der Waals surface area contributed by atoms with Crippen molar-refractivity contribution in [1.29, 1.82) is 0 Å². The average molecular weight is 328 g/mol. The maximum atomic E-state index is 12.6. The standard InChI is InChI=1S/C7H6F10O3/c1-2(18)19-4(9,10)3(8)20-7(16,17)5(11,12)6(13,14)15/h2-3,18H,1H3. The van der Waals surface area contributed by atoms with Gasteiger partial charge < -0.3 is 5.11 Å². The van der Waals surface area contributed by atoms with Gasteiger partial charge in [-0.2, -0.15) is 39.5 Å². The molecule has 2 unspecified atom stereocenters. The molecule has 0 radical (unpaired) electrons. The van der Waals surface area contributed by atoms with Crippen LogP contribution in [0.1, 0.15) is 6.92 Å². The van der Waals surface area contributed by atoms with E-state index in [1.165, 1.54) is 0 Å². The fourth-order valence-electron chi connectivity index (χ4n) is 0.718. The predicted molar refractivity (Wildman–Crippen MR) is 39.6 cm³/mol. The molecular formula is C7H6F10O3. The zero-order valence-corrected chi connectivity index (χ0v) is 9.20. The van der Waals surface area contributed by atoms with Crippen LogP contribution in [0.15, 0.2) is 0 Å². The molecule has 0 aliphatic carbocycles. The summed E-state index contributed by atoms with van der Waals surface area (Å²) in [6, 6.07) is 0. The first-order valence-electron chi connectivity index (χ1n) is 4.42. The van der Waals surface area contributed by atoms with E-state index in [1.54, 1.807) is 0 Å². The number of aliphatic hydroxyl groups excluding tert-OH is 1. The van der Waals surface area contributed by atoms with Crippen LogP contribution in [0.4, 0.5) is 43.9 Å². The molecule has 0 spiro atoms. The Morgan fingerprint density at radius 3 is 1.55 bits per heavy atom. The smallest absolute Gasteiger partial charge is 0.368 e. The van der Waals surface area contributed by atoms with Crippen molar-refractivity contribution >= 4 is 0 Å². The molecule has 0 rings (SSSR count). The van der Waals surface area contributed by atoms with Crippen molar-refractivity contribution in [2.24, 2.45) is 0 Å². The second kappa shape index (κ2) is 5.52. The molecule has 20 heavy (non-hydrogen) atoms. The molecule has 0 aromatic carbocycles. The van der Waals surface area contributed by atoms with Gasteiger partial charge in [0.05, 0.1) is 0 Å². The Morgan fingerprint density at radius 1 is 0.850 bits per heavy atom. The van der Waals surface area contributed by atoms with E-state index in [2.05, 4.69) is 9.47 Å². The number of ether oxygens (including phenoxy) is 2. The van der Waals surface area contributed by atoms with Gasteiger partial charge in [-0.05, 0) is 6.92 Å². The summed E-state index contributed by atoms with van der Waals surface area (Å²) in [5.74, 6) is -6.93. The molecule has 0 bridgehead atoms. The maximum absolute atomic E-state index is 12.6. The molecule has 0 saturated carbocycles. The number of hydrogen-bond donors (Lipinski definition) is 1. The van der Waals surface area contributed by atoms with Gasteiger partial charge in [0.25, 0.3) is 6.36 Å². The van der Waals surface area contributed by atoms with Crippen LogP contribution in [0, 0.1) is 0 Å². The van der Waals surface area contributed by atoms with Crippen LogP contribution in [0.2, 0.25) is 0 Å². The highest BCUT2D eigenvalue weighted by atomic mass is 19.4. The van der Waals surface area contributed by atoms with E-state index in [0.29, 0.717) is 6.92 Å². The third-order valence-electron chi connectivity index (χ3n) is 1.56. The highest BCUT2D eigenvalue weighted by molar-refractivity contribution is 4.85. The lowest BCUT2D eigenvalue weighted by molar-refractivity contribution is -0.471. The van der Waals surface area contributed by atoms with Crippen molar-refractivity contribution in [2.45, 2.75) is 43.9 Å². The van der Waals surface area contributed by atoms with Gasteiger partial charge in [-0.25, -0.2) is 4.39 Å². The quantitative estimate of drug-likeness (QED) is 0.602. The zero-order chi connectivity index (χ0) is 16.6. The highest BCUT2D eigenvalue weighted by Crippen LogP contribution is 2.48. The highest BCUT2D eigenvalue weighted by Gasteiger charge is 2.76. The first kappa shape index (κ1) is 19.2. The Kier molecular flexibility index (Phi) is 5.29. The molecule has 2 atom stereocenters. The van der Waals surface area contributed by atoms with E-state index in [-0.39, 0.29) is 0 Å². The molecule has 0 amide bonds. The Balaban J connectivity index is 5.11. The molecule has 0 aromatic heterocycles. The fraction of sp³-hybridized carbons (Fsp3) is 1.00. The molecule has 0 fully saturated rings. The van der Waals surface area contributed by atoms with Crippen LogP contribution >= 0.6 is 0 Å². The van der Waals surface area contributed by atoms with E-state index in [4.69, 9.17) is 5.11 Å². The SMILES string of the molecule is CC(O)OC(F)(F)C(F)OC(F)(F)C(F)(F)C(F)(F)F. The van der Waals surface area contributed by atoms with Crippen LogP contribution in [0.3, 0.4) is 0 Å². The summed E-state index contributed by atoms with van der Waals surface area (Å²) in [6.45, 7) is 0.461. The number of rotatable bonds is 6. The van der Waals surface area contributed by atoms with Crippen LogP contribution in [0.5, 0.6) is 0 Å².